The van der Waals surface area contributed by atoms with Crippen LogP contribution in [0.25, 0.3) is 11.4 Å². The highest BCUT2D eigenvalue weighted by Crippen LogP contribution is 2.17. The molecule has 0 atom stereocenters. The summed E-state index contributed by atoms with van der Waals surface area (Å²) >= 11 is 0. The third-order valence-electron chi connectivity index (χ3n) is 4.54. The van der Waals surface area contributed by atoms with Crippen LogP contribution in [0.1, 0.15) is 26.2 Å². The number of hydrogen-bond acceptors (Lipinski definition) is 4. The fraction of sp³-hybridized carbons (Fsp3) is 0.273. The first kappa shape index (κ1) is 21.7. The van der Waals surface area contributed by atoms with Crippen LogP contribution in [0.4, 0.5) is 5.69 Å². The Hall–Kier alpha value is -2.97. The zero-order valence-corrected chi connectivity index (χ0v) is 17.7. The molecule has 0 bridgehead atoms. The van der Waals surface area contributed by atoms with Gasteiger partial charge in [0.2, 0.25) is 15.9 Å². The summed E-state index contributed by atoms with van der Waals surface area (Å²) in [5.74, 6) is 0.778. The molecular weight excluding hydrogens is 400 g/mol. The molecular formula is C22H26N4O3S. The summed E-state index contributed by atoms with van der Waals surface area (Å²) < 4.78 is 29.6. The molecule has 3 aromatic rings. The summed E-state index contributed by atoms with van der Waals surface area (Å²) in [5.41, 5.74) is 1.61. The van der Waals surface area contributed by atoms with E-state index >= 15 is 0 Å². The Bertz CT molecular complexity index is 1060. The van der Waals surface area contributed by atoms with E-state index < -0.39 is 10.0 Å². The summed E-state index contributed by atoms with van der Waals surface area (Å²) in [5, 5.41) is 2.75. The van der Waals surface area contributed by atoms with Gasteiger partial charge in [0.15, 0.2) is 0 Å². The van der Waals surface area contributed by atoms with Crippen LogP contribution >= 0.6 is 0 Å². The Balaban J connectivity index is 1.53. The lowest BCUT2D eigenvalue weighted by molar-refractivity contribution is -0.116. The molecule has 0 saturated heterocycles. The maximum atomic E-state index is 12.5. The molecule has 8 heteroatoms. The molecule has 0 saturated carbocycles. The van der Waals surface area contributed by atoms with Crippen molar-refractivity contribution >= 4 is 21.6 Å². The Kier molecular flexibility index (Phi) is 7.37. The van der Waals surface area contributed by atoms with Crippen molar-refractivity contribution in [2.75, 3.05) is 11.9 Å². The average molecular weight is 427 g/mol. The number of imidazole rings is 1. The predicted molar refractivity (Wildman–Crippen MR) is 117 cm³/mol. The normalized spacial score (nSPS) is 11.4. The number of hydrogen-bond donors (Lipinski definition) is 2. The fourth-order valence-electron chi connectivity index (χ4n) is 3.04. The zero-order chi connectivity index (χ0) is 21.4. The average Bonchev–Trinajstić information content (AvgIpc) is 3.21. The monoisotopic (exact) mass is 426 g/mol. The second kappa shape index (κ2) is 10.2. The van der Waals surface area contributed by atoms with Crippen molar-refractivity contribution in [2.45, 2.75) is 37.6 Å². The van der Waals surface area contributed by atoms with Gasteiger partial charge < -0.3 is 9.88 Å². The minimum Gasteiger partial charge on any atom is -0.331 e. The topological polar surface area (TPSA) is 93.1 Å². The van der Waals surface area contributed by atoms with Gasteiger partial charge in [-0.25, -0.2) is 18.1 Å². The first-order valence-electron chi connectivity index (χ1n) is 9.96. The van der Waals surface area contributed by atoms with E-state index in [9.17, 15) is 13.2 Å². The van der Waals surface area contributed by atoms with Crippen LogP contribution in [0.3, 0.4) is 0 Å². The van der Waals surface area contributed by atoms with Gasteiger partial charge in [0.25, 0.3) is 0 Å². The van der Waals surface area contributed by atoms with Crippen molar-refractivity contribution in [3.8, 4) is 11.4 Å². The Morgan fingerprint density at radius 2 is 1.80 bits per heavy atom. The van der Waals surface area contributed by atoms with Gasteiger partial charge in [-0.15, -0.1) is 0 Å². The maximum Gasteiger partial charge on any atom is 0.240 e. The van der Waals surface area contributed by atoms with Crippen molar-refractivity contribution in [3.63, 3.8) is 0 Å². The quantitative estimate of drug-likeness (QED) is 0.484. The second-order valence-electron chi connectivity index (χ2n) is 6.88. The van der Waals surface area contributed by atoms with Gasteiger partial charge in [-0.1, -0.05) is 37.3 Å². The van der Waals surface area contributed by atoms with E-state index in [0.29, 0.717) is 31.6 Å². The third kappa shape index (κ3) is 5.77. The van der Waals surface area contributed by atoms with E-state index in [-0.39, 0.29) is 10.8 Å². The molecule has 1 amide bonds. The summed E-state index contributed by atoms with van der Waals surface area (Å²) in [6.07, 6.45) is 5.45. The first-order valence-corrected chi connectivity index (χ1v) is 11.4. The summed E-state index contributed by atoms with van der Waals surface area (Å²) in [6, 6.07) is 16.1. The van der Waals surface area contributed by atoms with E-state index in [2.05, 4.69) is 15.0 Å². The molecule has 0 unspecified atom stereocenters. The van der Waals surface area contributed by atoms with Crippen LogP contribution in [-0.4, -0.2) is 30.4 Å². The summed E-state index contributed by atoms with van der Waals surface area (Å²) in [4.78, 5) is 16.2. The van der Waals surface area contributed by atoms with Crippen molar-refractivity contribution in [2.24, 2.45) is 0 Å². The van der Waals surface area contributed by atoms with Gasteiger partial charge in [-0.2, -0.15) is 0 Å². The predicted octanol–water partition coefficient (Wildman–Crippen LogP) is 3.66. The lowest BCUT2D eigenvalue weighted by Gasteiger charge is -2.10. The number of amides is 1. The third-order valence-corrected chi connectivity index (χ3v) is 6.02. The molecule has 2 aromatic carbocycles. The van der Waals surface area contributed by atoms with Crippen LogP contribution in [0.5, 0.6) is 0 Å². The zero-order valence-electron chi connectivity index (χ0n) is 16.9. The molecule has 0 radical (unpaired) electrons. The molecule has 0 fully saturated rings. The molecule has 2 N–H and O–H groups in total. The van der Waals surface area contributed by atoms with Crippen LogP contribution in [0, 0.1) is 0 Å². The van der Waals surface area contributed by atoms with E-state index in [1.165, 1.54) is 12.1 Å². The number of nitrogens with zero attached hydrogens (tertiary/aromatic N) is 2. The van der Waals surface area contributed by atoms with Crippen molar-refractivity contribution < 1.29 is 13.2 Å². The van der Waals surface area contributed by atoms with Crippen LogP contribution < -0.4 is 10.0 Å². The van der Waals surface area contributed by atoms with Gasteiger partial charge in [0.05, 0.1) is 4.90 Å². The standard InChI is InChI=1S/C22H26N4O3S/c1-2-7-21(27)25-19-10-12-20(13-11-19)30(28,29)24-14-6-16-26-17-15-23-22(26)18-8-4-3-5-9-18/h3-5,8-13,15,17,24H,2,6-7,14,16H2,1H3,(H,25,27). The molecule has 158 valence electrons. The highest BCUT2D eigenvalue weighted by Gasteiger charge is 2.14. The van der Waals surface area contributed by atoms with Gasteiger partial charge >= 0.3 is 0 Å². The Morgan fingerprint density at radius 3 is 2.50 bits per heavy atom. The van der Waals surface area contributed by atoms with Gasteiger partial charge in [-0.3, -0.25) is 4.79 Å². The second-order valence-corrected chi connectivity index (χ2v) is 8.65. The molecule has 3 rings (SSSR count). The minimum absolute atomic E-state index is 0.0828. The van der Waals surface area contributed by atoms with E-state index in [1.807, 2.05) is 48.0 Å². The first-order chi connectivity index (χ1) is 14.5. The number of carbonyl (C=O) groups excluding carboxylic acids is 1. The lowest BCUT2D eigenvalue weighted by atomic mass is 10.2. The van der Waals surface area contributed by atoms with E-state index in [0.717, 1.165) is 17.8 Å². The molecule has 7 nitrogen and oxygen atoms in total. The summed E-state index contributed by atoms with van der Waals surface area (Å²) in [6.45, 7) is 2.88. The van der Waals surface area contributed by atoms with Gasteiger partial charge in [-0.05, 0) is 37.1 Å². The molecule has 0 aliphatic heterocycles. The highest BCUT2D eigenvalue weighted by atomic mass is 32.2. The maximum absolute atomic E-state index is 12.5. The van der Waals surface area contributed by atoms with Crippen molar-refractivity contribution in [1.82, 2.24) is 14.3 Å². The van der Waals surface area contributed by atoms with Gasteiger partial charge in [0, 0.05) is 43.2 Å². The number of benzene rings is 2. The smallest absolute Gasteiger partial charge is 0.240 e. The number of rotatable bonds is 10. The number of aryl methyl sites for hydroxylation is 1. The van der Waals surface area contributed by atoms with E-state index in [4.69, 9.17) is 0 Å². The lowest BCUT2D eigenvalue weighted by Crippen LogP contribution is -2.25. The number of nitrogens with one attached hydrogen (secondary N) is 2. The van der Waals surface area contributed by atoms with Crippen molar-refractivity contribution in [1.29, 1.82) is 0 Å². The molecule has 0 spiro atoms. The number of anilines is 1. The molecule has 0 aliphatic carbocycles. The molecule has 1 aromatic heterocycles. The molecule has 30 heavy (non-hydrogen) atoms. The van der Waals surface area contributed by atoms with Crippen molar-refractivity contribution in [3.05, 3.63) is 67.0 Å². The minimum atomic E-state index is -3.61. The molecule has 1 heterocycles. The number of sulfonamides is 1. The largest absolute Gasteiger partial charge is 0.331 e. The van der Waals surface area contributed by atoms with Gasteiger partial charge in [0.1, 0.15) is 5.82 Å². The van der Waals surface area contributed by atoms with Crippen LogP contribution in [-0.2, 0) is 21.4 Å². The summed E-state index contributed by atoms with van der Waals surface area (Å²) in [7, 11) is -3.61. The van der Waals surface area contributed by atoms with Crippen LogP contribution in [0.2, 0.25) is 0 Å². The highest BCUT2D eigenvalue weighted by molar-refractivity contribution is 7.89. The van der Waals surface area contributed by atoms with Crippen LogP contribution in [0.15, 0.2) is 71.9 Å². The molecule has 0 aliphatic rings. The number of aromatic nitrogens is 2. The van der Waals surface area contributed by atoms with E-state index in [1.54, 1.807) is 18.3 Å². The fourth-order valence-corrected chi connectivity index (χ4v) is 4.12. The SMILES string of the molecule is CCCC(=O)Nc1ccc(S(=O)(=O)NCCCn2ccnc2-c2ccccc2)cc1. The number of carbonyl (C=O) groups is 1. The Morgan fingerprint density at radius 1 is 1.07 bits per heavy atom. The Labute approximate surface area is 177 Å².